The van der Waals surface area contributed by atoms with Crippen LogP contribution in [0, 0.1) is 0 Å². The number of hydrogen-bond acceptors (Lipinski definition) is 5. The maximum atomic E-state index is 11.7. The van der Waals surface area contributed by atoms with Gasteiger partial charge in [0, 0.05) is 20.8 Å². The number of aliphatic hydroxyl groups excluding tert-OH is 2. The van der Waals surface area contributed by atoms with Gasteiger partial charge in [0.05, 0.1) is 6.04 Å². The van der Waals surface area contributed by atoms with Gasteiger partial charge in [-0.1, -0.05) is 0 Å². The van der Waals surface area contributed by atoms with Gasteiger partial charge in [0.25, 0.3) is 0 Å². The highest BCUT2D eigenvalue weighted by Gasteiger charge is 2.41. The molecule has 0 aromatic heterocycles. The molecule has 0 bridgehead atoms. The van der Waals surface area contributed by atoms with Crippen LogP contribution in [0.5, 0.6) is 0 Å². The Morgan fingerprint density at radius 1 is 1.33 bits per heavy atom. The molecule has 0 aromatic carbocycles. The predicted molar refractivity (Wildman–Crippen MR) is 49.4 cm³/mol. The zero-order valence-corrected chi connectivity index (χ0v) is 8.95. The van der Waals surface area contributed by atoms with E-state index in [9.17, 15) is 15.0 Å². The van der Waals surface area contributed by atoms with Gasteiger partial charge in [-0.3, -0.25) is 9.80 Å². The van der Waals surface area contributed by atoms with Gasteiger partial charge in [0.1, 0.15) is 0 Å². The minimum atomic E-state index is -1.30. The summed E-state index contributed by atoms with van der Waals surface area (Å²) in [5.74, 6) is 0. The lowest BCUT2D eigenvalue weighted by Crippen LogP contribution is -2.45. The Morgan fingerprint density at radius 3 is 2.33 bits per heavy atom. The molecule has 3 unspecified atom stereocenters. The van der Waals surface area contributed by atoms with E-state index in [0.717, 1.165) is 9.80 Å². The first kappa shape index (κ1) is 12.2. The zero-order chi connectivity index (χ0) is 11.6. The molecule has 2 amide bonds. The molecule has 1 heterocycles. The number of rotatable bonds is 4. The molecular weight excluding hydrogens is 204 g/mol. The molecule has 1 fully saturated rings. The first-order valence-electron chi connectivity index (χ1n) is 4.53. The van der Waals surface area contributed by atoms with Crippen LogP contribution in [-0.2, 0) is 9.47 Å². The molecular formula is C8H16N2O5. The van der Waals surface area contributed by atoms with Crippen molar-refractivity contribution in [2.75, 3.05) is 20.8 Å². The standard InChI is InChI=1S/C8H16N2O5/c1-5-4-9(7(12)14-2)6(11)10(5)8(13)15-3/h5,7-8,12-13H,4H2,1-3H3. The third kappa shape index (κ3) is 2.20. The van der Waals surface area contributed by atoms with E-state index in [1.165, 1.54) is 14.2 Å². The maximum absolute atomic E-state index is 11.7. The Hall–Kier alpha value is -0.890. The highest BCUT2D eigenvalue weighted by atomic mass is 16.6. The monoisotopic (exact) mass is 220 g/mol. The second kappa shape index (κ2) is 4.75. The first-order valence-corrected chi connectivity index (χ1v) is 4.53. The summed E-state index contributed by atoms with van der Waals surface area (Å²) in [5, 5.41) is 18.8. The number of aliphatic hydroxyl groups is 2. The Balaban J connectivity index is 2.74. The number of urea groups is 1. The number of amides is 2. The Bertz CT molecular complexity index is 237. The van der Waals surface area contributed by atoms with Crippen LogP contribution in [0.4, 0.5) is 4.79 Å². The van der Waals surface area contributed by atoms with Crippen LogP contribution in [0.2, 0.25) is 0 Å². The van der Waals surface area contributed by atoms with Crippen LogP contribution in [0.25, 0.3) is 0 Å². The van der Waals surface area contributed by atoms with E-state index in [1.54, 1.807) is 6.92 Å². The zero-order valence-electron chi connectivity index (χ0n) is 8.95. The van der Waals surface area contributed by atoms with E-state index in [1.807, 2.05) is 0 Å². The van der Waals surface area contributed by atoms with Crippen molar-refractivity contribution in [2.45, 2.75) is 25.8 Å². The molecule has 7 heteroatoms. The summed E-state index contributed by atoms with van der Waals surface area (Å²) in [6.07, 6.45) is -2.60. The van der Waals surface area contributed by atoms with Crippen LogP contribution >= 0.6 is 0 Å². The van der Waals surface area contributed by atoms with E-state index in [-0.39, 0.29) is 12.6 Å². The van der Waals surface area contributed by atoms with Gasteiger partial charge in [0.2, 0.25) is 12.8 Å². The summed E-state index contributed by atoms with van der Waals surface area (Å²) in [6, 6.07) is -0.775. The van der Waals surface area contributed by atoms with Gasteiger partial charge in [-0.2, -0.15) is 0 Å². The summed E-state index contributed by atoms with van der Waals surface area (Å²) < 4.78 is 9.27. The second-order valence-corrected chi connectivity index (χ2v) is 3.32. The van der Waals surface area contributed by atoms with Crippen LogP contribution in [0.3, 0.4) is 0 Å². The summed E-state index contributed by atoms with van der Waals surface area (Å²) in [7, 11) is 2.58. The van der Waals surface area contributed by atoms with Crippen molar-refractivity contribution >= 4 is 6.03 Å². The lowest BCUT2D eigenvalue weighted by molar-refractivity contribution is -0.166. The lowest BCUT2D eigenvalue weighted by atomic mass is 10.3. The Morgan fingerprint density at radius 2 is 1.87 bits per heavy atom. The number of methoxy groups -OCH3 is 2. The molecule has 0 spiro atoms. The van der Waals surface area contributed by atoms with Crippen LogP contribution in [-0.4, -0.2) is 65.7 Å². The maximum Gasteiger partial charge on any atom is 0.328 e. The third-order valence-electron chi connectivity index (χ3n) is 2.33. The van der Waals surface area contributed by atoms with Crippen molar-refractivity contribution in [3.63, 3.8) is 0 Å². The van der Waals surface area contributed by atoms with Crippen molar-refractivity contribution in [1.82, 2.24) is 9.80 Å². The quantitative estimate of drug-likeness (QED) is 0.591. The normalized spacial score (nSPS) is 25.9. The van der Waals surface area contributed by atoms with Crippen molar-refractivity contribution in [1.29, 1.82) is 0 Å². The van der Waals surface area contributed by atoms with Crippen molar-refractivity contribution < 1.29 is 24.5 Å². The average Bonchev–Trinajstić information content (AvgIpc) is 2.52. The largest absolute Gasteiger partial charge is 0.351 e. The summed E-state index contributed by atoms with van der Waals surface area (Å²) in [6.45, 7) is 2.01. The fourth-order valence-corrected chi connectivity index (χ4v) is 1.53. The number of hydrogen-bond donors (Lipinski definition) is 2. The predicted octanol–water partition coefficient (Wildman–Crippen LogP) is -1.04. The third-order valence-corrected chi connectivity index (χ3v) is 2.33. The highest BCUT2D eigenvalue weighted by molar-refractivity contribution is 5.77. The van der Waals surface area contributed by atoms with Gasteiger partial charge < -0.3 is 19.7 Å². The molecule has 7 nitrogen and oxygen atoms in total. The summed E-state index contributed by atoms with van der Waals surface area (Å²) >= 11 is 0. The molecule has 3 atom stereocenters. The molecule has 0 aliphatic carbocycles. The topological polar surface area (TPSA) is 82.5 Å². The number of nitrogens with zero attached hydrogens (tertiary/aromatic N) is 2. The van der Waals surface area contributed by atoms with Gasteiger partial charge in [0.15, 0.2) is 0 Å². The fraction of sp³-hybridized carbons (Fsp3) is 0.875. The smallest absolute Gasteiger partial charge is 0.328 e. The number of carbonyl (C=O) groups is 1. The lowest BCUT2D eigenvalue weighted by Gasteiger charge is -2.25. The molecule has 0 aromatic rings. The van der Waals surface area contributed by atoms with E-state index < -0.39 is 18.9 Å². The van der Waals surface area contributed by atoms with E-state index in [4.69, 9.17) is 0 Å². The minimum absolute atomic E-state index is 0.253. The molecule has 15 heavy (non-hydrogen) atoms. The molecule has 1 aliphatic heterocycles. The molecule has 0 radical (unpaired) electrons. The van der Waals surface area contributed by atoms with Crippen molar-refractivity contribution in [2.24, 2.45) is 0 Å². The van der Waals surface area contributed by atoms with E-state index in [0.29, 0.717) is 0 Å². The van der Waals surface area contributed by atoms with Crippen LogP contribution in [0.15, 0.2) is 0 Å². The van der Waals surface area contributed by atoms with Crippen LogP contribution in [0.1, 0.15) is 6.92 Å². The van der Waals surface area contributed by atoms with Gasteiger partial charge >= 0.3 is 6.03 Å². The highest BCUT2D eigenvalue weighted by Crippen LogP contribution is 2.19. The Kier molecular flexibility index (Phi) is 3.86. The van der Waals surface area contributed by atoms with Gasteiger partial charge in [-0.05, 0) is 6.92 Å². The molecule has 2 N–H and O–H groups in total. The summed E-state index contributed by atoms with van der Waals surface area (Å²) in [5.41, 5.74) is 0. The first-order chi connectivity index (χ1) is 7.02. The number of ether oxygens (including phenoxy) is 2. The molecule has 88 valence electrons. The van der Waals surface area contributed by atoms with Gasteiger partial charge in [-0.15, -0.1) is 0 Å². The second-order valence-electron chi connectivity index (χ2n) is 3.32. The Labute approximate surface area is 87.8 Å². The molecule has 1 saturated heterocycles. The molecule has 0 saturated carbocycles. The average molecular weight is 220 g/mol. The molecule has 1 rings (SSSR count). The minimum Gasteiger partial charge on any atom is -0.351 e. The van der Waals surface area contributed by atoms with Gasteiger partial charge in [-0.25, -0.2) is 4.79 Å². The van der Waals surface area contributed by atoms with Crippen molar-refractivity contribution in [3.05, 3.63) is 0 Å². The molecule has 1 aliphatic rings. The fourth-order valence-electron chi connectivity index (χ4n) is 1.53. The van der Waals surface area contributed by atoms with E-state index in [2.05, 4.69) is 9.47 Å². The van der Waals surface area contributed by atoms with Crippen LogP contribution < -0.4 is 0 Å². The SMILES string of the molecule is COC(O)N1CC(C)N(C(O)OC)C1=O. The number of carbonyl (C=O) groups excluding carboxylic acids is 1. The van der Waals surface area contributed by atoms with Crippen molar-refractivity contribution in [3.8, 4) is 0 Å². The van der Waals surface area contributed by atoms with E-state index >= 15 is 0 Å². The summed E-state index contributed by atoms with van der Waals surface area (Å²) in [4.78, 5) is 13.9.